The van der Waals surface area contributed by atoms with Crippen molar-refractivity contribution in [2.75, 3.05) is 18.8 Å². The number of rotatable bonds is 9. The number of amides is 3. The highest BCUT2D eigenvalue weighted by Gasteiger charge is 2.42. The number of nitrogens with one attached hydrogen (secondary N) is 3. The molecule has 120 valence electrons. The van der Waals surface area contributed by atoms with Crippen LogP contribution in [0.25, 0.3) is 0 Å². The highest BCUT2D eigenvalue weighted by Crippen LogP contribution is 2.33. The lowest BCUT2D eigenvalue weighted by Crippen LogP contribution is -2.36. The Balaban J connectivity index is 1.52. The predicted octanol–water partition coefficient (Wildman–Crippen LogP) is 0.567. The molecule has 2 fully saturated rings. The van der Waals surface area contributed by atoms with Gasteiger partial charge >= 0.3 is 6.03 Å². The van der Waals surface area contributed by atoms with Gasteiger partial charge in [0.15, 0.2) is 0 Å². The van der Waals surface area contributed by atoms with Crippen LogP contribution in [0.1, 0.15) is 38.5 Å². The first-order valence-corrected chi connectivity index (χ1v) is 8.91. The maximum atomic E-state index is 11.6. The van der Waals surface area contributed by atoms with Crippen LogP contribution in [-0.4, -0.2) is 48.1 Å². The third-order valence-electron chi connectivity index (χ3n) is 4.03. The first-order chi connectivity index (χ1) is 10.2. The van der Waals surface area contributed by atoms with E-state index in [1.54, 1.807) is 0 Å². The molecule has 0 aromatic carbocycles. The summed E-state index contributed by atoms with van der Waals surface area (Å²) in [4.78, 5) is 22.9. The van der Waals surface area contributed by atoms with Crippen molar-refractivity contribution in [2.45, 2.75) is 55.9 Å². The van der Waals surface area contributed by atoms with Crippen molar-refractivity contribution in [1.82, 2.24) is 16.0 Å². The molecule has 6 nitrogen and oxygen atoms in total. The highest BCUT2D eigenvalue weighted by molar-refractivity contribution is 8.00. The summed E-state index contributed by atoms with van der Waals surface area (Å²) in [6.45, 7) is 1.42. The van der Waals surface area contributed by atoms with Gasteiger partial charge in [-0.25, -0.2) is 4.79 Å². The van der Waals surface area contributed by atoms with Gasteiger partial charge in [0.2, 0.25) is 5.91 Å². The van der Waals surface area contributed by atoms with Crippen molar-refractivity contribution in [3.8, 4) is 0 Å². The number of nitrogens with two attached hydrogens (primary N) is 1. The van der Waals surface area contributed by atoms with Gasteiger partial charge in [0.25, 0.3) is 0 Å². The van der Waals surface area contributed by atoms with Crippen molar-refractivity contribution < 1.29 is 9.59 Å². The van der Waals surface area contributed by atoms with Gasteiger partial charge in [-0.15, -0.1) is 0 Å². The molecule has 21 heavy (non-hydrogen) atoms. The number of urea groups is 1. The van der Waals surface area contributed by atoms with Crippen molar-refractivity contribution in [3.63, 3.8) is 0 Å². The Kier molecular flexibility index (Phi) is 6.63. The molecule has 3 atom stereocenters. The smallest absolute Gasteiger partial charge is 0.315 e. The van der Waals surface area contributed by atoms with Crippen LogP contribution in [0.5, 0.6) is 0 Å². The van der Waals surface area contributed by atoms with E-state index in [0.717, 1.165) is 44.4 Å². The van der Waals surface area contributed by atoms with Crippen LogP contribution >= 0.6 is 11.8 Å². The van der Waals surface area contributed by atoms with Gasteiger partial charge in [0, 0.05) is 24.0 Å². The molecule has 7 heteroatoms. The summed E-state index contributed by atoms with van der Waals surface area (Å²) in [5.41, 5.74) is 5.40. The molecule has 2 rings (SSSR count). The van der Waals surface area contributed by atoms with Crippen LogP contribution < -0.4 is 21.7 Å². The van der Waals surface area contributed by atoms with Gasteiger partial charge in [0.05, 0.1) is 12.1 Å². The topological polar surface area (TPSA) is 96.2 Å². The largest absolute Gasteiger partial charge is 0.356 e. The van der Waals surface area contributed by atoms with E-state index < -0.39 is 0 Å². The van der Waals surface area contributed by atoms with Crippen LogP contribution in [0.4, 0.5) is 4.79 Å². The van der Waals surface area contributed by atoms with E-state index in [1.165, 1.54) is 0 Å². The van der Waals surface area contributed by atoms with E-state index in [2.05, 4.69) is 16.0 Å². The number of carbonyl (C=O) groups excluding carboxylic acids is 2. The van der Waals surface area contributed by atoms with Gasteiger partial charge in [0.1, 0.15) is 0 Å². The molecule has 2 aliphatic rings. The lowest BCUT2D eigenvalue weighted by Gasteiger charge is -2.16. The Morgan fingerprint density at radius 1 is 1.29 bits per heavy atom. The fourth-order valence-electron chi connectivity index (χ4n) is 2.86. The number of thioether (sulfide) groups is 1. The quantitative estimate of drug-likeness (QED) is 0.369. The van der Waals surface area contributed by atoms with E-state index in [4.69, 9.17) is 5.73 Å². The summed E-state index contributed by atoms with van der Waals surface area (Å²) in [5, 5.41) is 9.35. The maximum absolute atomic E-state index is 11.6. The van der Waals surface area contributed by atoms with Crippen LogP contribution in [-0.2, 0) is 4.79 Å². The number of hydrogen-bond donors (Lipinski definition) is 4. The minimum Gasteiger partial charge on any atom is -0.356 e. The molecule has 0 aromatic heterocycles. The molecular weight excluding hydrogens is 288 g/mol. The van der Waals surface area contributed by atoms with Gasteiger partial charge < -0.3 is 21.7 Å². The molecule has 0 spiro atoms. The molecule has 0 saturated carbocycles. The molecule has 2 saturated heterocycles. The molecule has 0 aromatic rings. The molecule has 2 heterocycles. The van der Waals surface area contributed by atoms with E-state index in [0.29, 0.717) is 24.3 Å². The fraction of sp³-hybridized carbons (Fsp3) is 0.857. The van der Waals surface area contributed by atoms with E-state index in [-0.39, 0.29) is 18.0 Å². The zero-order chi connectivity index (χ0) is 15.1. The number of hydrogen-bond acceptors (Lipinski definition) is 4. The second-order valence-electron chi connectivity index (χ2n) is 5.71. The normalized spacial score (nSPS) is 27.1. The molecule has 3 amide bonds. The molecule has 1 unspecified atom stereocenters. The zero-order valence-corrected chi connectivity index (χ0v) is 13.2. The zero-order valence-electron chi connectivity index (χ0n) is 12.4. The monoisotopic (exact) mass is 314 g/mol. The first kappa shape index (κ1) is 16.4. The Hall–Kier alpha value is -0.950. The van der Waals surface area contributed by atoms with E-state index in [9.17, 15) is 9.59 Å². The van der Waals surface area contributed by atoms with Crippen molar-refractivity contribution in [3.05, 3.63) is 0 Å². The van der Waals surface area contributed by atoms with Gasteiger partial charge in [-0.2, -0.15) is 11.8 Å². The number of carbonyl (C=O) groups is 2. The number of fused-ring (bicyclic) bond motifs is 1. The standard InChI is InChI=1S/C14H26N4O2S/c15-7-3-4-8-16-12(19)6-2-1-5-11-13-10(9-21-11)17-14(20)18-13/h10-11,13H,1-9,15H2,(H,16,19)(H2,17,18,20)/t10?,11-,13-/m0/s1. The van der Waals surface area contributed by atoms with Crippen molar-refractivity contribution in [1.29, 1.82) is 0 Å². The van der Waals surface area contributed by atoms with Crippen molar-refractivity contribution >= 4 is 23.7 Å². The highest BCUT2D eigenvalue weighted by atomic mass is 32.2. The van der Waals surface area contributed by atoms with E-state index >= 15 is 0 Å². The maximum Gasteiger partial charge on any atom is 0.315 e. The minimum absolute atomic E-state index is 0.0350. The first-order valence-electron chi connectivity index (χ1n) is 7.86. The van der Waals surface area contributed by atoms with Gasteiger partial charge in [-0.05, 0) is 32.2 Å². The molecule has 5 N–H and O–H groups in total. The Bertz CT molecular complexity index is 367. The number of unbranched alkanes of at least 4 members (excludes halogenated alkanes) is 2. The van der Waals surface area contributed by atoms with Gasteiger partial charge in [-0.1, -0.05) is 6.42 Å². The predicted molar refractivity (Wildman–Crippen MR) is 85.3 cm³/mol. The summed E-state index contributed by atoms with van der Waals surface area (Å²) < 4.78 is 0. The Morgan fingerprint density at radius 3 is 2.95 bits per heavy atom. The second-order valence-corrected chi connectivity index (χ2v) is 6.99. The van der Waals surface area contributed by atoms with Crippen LogP contribution in [0.3, 0.4) is 0 Å². The molecule has 0 bridgehead atoms. The SMILES string of the molecule is NCCCCNC(=O)CCCC[C@@H]1SCC2NC(=O)N[C@@H]21. The third kappa shape index (κ3) is 5.07. The van der Waals surface area contributed by atoms with Crippen molar-refractivity contribution in [2.24, 2.45) is 5.73 Å². The third-order valence-corrected chi connectivity index (χ3v) is 5.54. The lowest BCUT2D eigenvalue weighted by molar-refractivity contribution is -0.121. The average molecular weight is 314 g/mol. The summed E-state index contributed by atoms with van der Waals surface area (Å²) in [5.74, 6) is 1.13. The lowest BCUT2D eigenvalue weighted by atomic mass is 10.0. The van der Waals surface area contributed by atoms with Gasteiger partial charge in [-0.3, -0.25) is 4.79 Å². The summed E-state index contributed by atoms with van der Waals surface area (Å²) >= 11 is 1.93. The second kappa shape index (κ2) is 8.48. The Labute approximate surface area is 130 Å². The summed E-state index contributed by atoms with van der Waals surface area (Å²) in [7, 11) is 0. The van der Waals surface area contributed by atoms with E-state index in [1.807, 2.05) is 11.8 Å². The van der Waals surface area contributed by atoms with Crippen LogP contribution in [0.2, 0.25) is 0 Å². The Morgan fingerprint density at radius 2 is 2.14 bits per heavy atom. The average Bonchev–Trinajstić information content (AvgIpc) is 2.99. The van der Waals surface area contributed by atoms with Crippen LogP contribution in [0.15, 0.2) is 0 Å². The minimum atomic E-state index is -0.0350. The molecule has 2 aliphatic heterocycles. The summed E-state index contributed by atoms with van der Waals surface area (Å²) in [6.07, 6.45) is 5.52. The molecule has 0 aliphatic carbocycles. The molecular formula is C14H26N4O2S. The fourth-order valence-corrected chi connectivity index (χ4v) is 4.40. The van der Waals surface area contributed by atoms with Crippen LogP contribution in [0, 0.1) is 0 Å². The summed E-state index contributed by atoms with van der Waals surface area (Å²) in [6, 6.07) is 0.526. The molecule has 0 radical (unpaired) electrons.